The minimum absolute atomic E-state index is 0.242. The summed E-state index contributed by atoms with van der Waals surface area (Å²) in [6.45, 7) is 0. The third-order valence-corrected chi connectivity index (χ3v) is 2.25. The smallest absolute Gasteiger partial charge is 0.432 e. The lowest BCUT2D eigenvalue weighted by Crippen LogP contribution is -2.19. The number of alkyl halides is 3. The maximum Gasteiger partial charge on any atom is 0.432 e. The molecule has 8 heteroatoms. The fraction of sp³-hybridized carbons (Fsp3) is 0.100. The molecule has 0 amide bonds. The van der Waals surface area contributed by atoms with Gasteiger partial charge in [-0.25, -0.2) is 9.59 Å². The number of aromatic carboxylic acids is 1. The Hall–Kier alpha value is -2.38. The van der Waals surface area contributed by atoms with E-state index in [0.29, 0.717) is 0 Å². The molecule has 94 valence electrons. The molecule has 0 aliphatic rings. The van der Waals surface area contributed by atoms with E-state index in [2.05, 4.69) is 4.98 Å². The first kappa shape index (κ1) is 12.1. The van der Waals surface area contributed by atoms with Crippen LogP contribution in [-0.4, -0.2) is 21.0 Å². The van der Waals surface area contributed by atoms with Crippen molar-refractivity contribution in [3.8, 4) is 0 Å². The van der Waals surface area contributed by atoms with Crippen molar-refractivity contribution in [1.82, 2.24) is 9.97 Å². The molecule has 18 heavy (non-hydrogen) atoms. The van der Waals surface area contributed by atoms with Gasteiger partial charge < -0.3 is 10.1 Å². The fourth-order valence-corrected chi connectivity index (χ4v) is 1.50. The van der Waals surface area contributed by atoms with Gasteiger partial charge >= 0.3 is 17.8 Å². The van der Waals surface area contributed by atoms with Crippen molar-refractivity contribution in [2.75, 3.05) is 0 Å². The second-order valence-corrected chi connectivity index (χ2v) is 3.45. The number of rotatable bonds is 1. The van der Waals surface area contributed by atoms with Gasteiger partial charge in [0.05, 0.1) is 11.1 Å². The topological polar surface area (TPSA) is 83.0 Å². The van der Waals surface area contributed by atoms with Crippen LogP contribution in [0.1, 0.15) is 16.1 Å². The van der Waals surface area contributed by atoms with Crippen LogP contribution in [0.3, 0.4) is 0 Å². The van der Waals surface area contributed by atoms with E-state index in [1.165, 1.54) is 0 Å². The van der Waals surface area contributed by atoms with E-state index in [4.69, 9.17) is 5.11 Å². The zero-order valence-corrected chi connectivity index (χ0v) is 8.58. The van der Waals surface area contributed by atoms with Crippen molar-refractivity contribution in [3.63, 3.8) is 0 Å². The second-order valence-electron chi connectivity index (χ2n) is 3.45. The minimum atomic E-state index is -4.74. The number of nitrogens with zero attached hydrogens (tertiary/aromatic N) is 1. The van der Waals surface area contributed by atoms with Crippen LogP contribution in [0.2, 0.25) is 0 Å². The molecule has 0 saturated heterocycles. The molecule has 0 unspecified atom stereocenters. The third-order valence-electron chi connectivity index (χ3n) is 2.25. The molecule has 0 fully saturated rings. The molecule has 0 atom stereocenters. The summed E-state index contributed by atoms with van der Waals surface area (Å²) in [4.78, 5) is 26.6. The van der Waals surface area contributed by atoms with E-state index in [1.54, 1.807) is 4.98 Å². The molecule has 2 rings (SSSR count). The summed E-state index contributed by atoms with van der Waals surface area (Å²) in [6.07, 6.45) is -4.74. The Kier molecular flexibility index (Phi) is 2.57. The summed E-state index contributed by atoms with van der Waals surface area (Å²) >= 11 is 0. The van der Waals surface area contributed by atoms with E-state index in [0.717, 1.165) is 18.2 Å². The third kappa shape index (κ3) is 2.04. The number of aromatic amines is 1. The van der Waals surface area contributed by atoms with Crippen LogP contribution < -0.4 is 5.69 Å². The van der Waals surface area contributed by atoms with Crippen molar-refractivity contribution >= 4 is 16.9 Å². The van der Waals surface area contributed by atoms with Crippen molar-refractivity contribution in [2.24, 2.45) is 0 Å². The van der Waals surface area contributed by atoms with E-state index in [1.807, 2.05) is 0 Å². The number of aromatic nitrogens is 2. The van der Waals surface area contributed by atoms with Gasteiger partial charge in [-0.05, 0) is 18.2 Å². The highest BCUT2D eigenvalue weighted by Gasteiger charge is 2.34. The molecule has 0 radical (unpaired) electrons. The Morgan fingerprint density at radius 1 is 1.33 bits per heavy atom. The Morgan fingerprint density at radius 3 is 2.56 bits per heavy atom. The SMILES string of the molecule is O=C(O)c1ccc2c(C(F)(F)F)[nH]c(=O)nc2c1. The molecule has 2 N–H and O–H groups in total. The highest BCUT2D eigenvalue weighted by atomic mass is 19.4. The van der Waals surface area contributed by atoms with E-state index >= 15 is 0 Å². The van der Waals surface area contributed by atoms with Gasteiger partial charge in [-0.15, -0.1) is 0 Å². The zero-order valence-electron chi connectivity index (χ0n) is 8.58. The Bertz CT molecular complexity index is 691. The molecule has 5 nitrogen and oxygen atoms in total. The first-order valence-corrected chi connectivity index (χ1v) is 4.63. The van der Waals surface area contributed by atoms with Gasteiger partial charge in [0.15, 0.2) is 0 Å². The molecule has 0 spiro atoms. The van der Waals surface area contributed by atoms with E-state index < -0.39 is 23.5 Å². The second kappa shape index (κ2) is 3.83. The summed E-state index contributed by atoms with van der Waals surface area (Å²) in [5, 5.41) is 8.35. The Labute approximate surface area is 96.9 Å². The number of fused-ring (bicyclic) bond motifs is 1. The predicted molar refractivity (Wildman–Crippen MR) is 54.3 cm³/mol. The maximum absolute atomic E-state index is 12.6. The Morgan fingerprint density at radius 2 is 2.00 bits per heavy atom. The molecular formula is C10H5F3N2O3. The highest BCUT2D eigenvalue weighted by molar-refractivity contribution is 5.93. The molecule has 1 aromatic heterocycles. The lowest BCUT2D eigenvalue weighted by molar-refractivity contribution is -0.140. The average Bonchev–Trinajstić information content (AvgIpc) is 2.25. The summed E-state index contributed by atoms with van der Waals surface area (Å²) in [7, 11) is 0. The molecule has 0 bridgehead atoms. The average molecular weight is 258 g/mol. The van der Waals surface area contributed by atoms with Crippen LogP contribution in [0.15, 0.2) is 23.0 Å². The molecule has 1 aromatic carbocycles. The number of carboxylic acid groups (broad SMARTS) is 1. The molecule has 1 heterocycles. The lowest BCUT2D eigenvalue weighted by atomic mass is 10.1. The van der Waals surface area contributed by atoms with Gasteiger partial charge in [-0.2, -0.15) is 18.2 Å². The predicted octanol–water partition coefficient (Wildman–Crippen LogP) is 1.64. The number of carboxylic acids is 1. The van der Waals surface area contributed by atoms with Gasteiger partial charge in [-0.3, -0.25) is 0 Å². The van der Waals surface area contributed by atoms with E-state index in [-0.39, 0.29) is 16.5 Å². The van der Waals surface area contributed by atoms with Crippen LogP contribution in [-0.2, 0) is 6.18 Å². The van der Waals surface area contributed by atoms with Crippen molar-refractivity contribution in [2.45, 2.75) is 6.18 Å². The van der Waals surface area contributed by atoms with Crippen LogP contribution in [0.4, 0.5) is 13.2 Å². The molecule has 0 aliphatic heterocycles. The Balaban J connectivity index is 2.83. The first-order valence-electron chi connectivity index (χ1n) is 4.63. The molecule has 0 saturated carbocycles. The molecular weight excluding hydrogens is 253 g/mol. The van der Waals surface area contributed by atoms with Gasteiger partial charge in [0.25, 0.3) is 0 Å². The largest absolute Gasteiger partial charge is 0.478 e. The zero-order chi connectivity index (χ0) is 13.5. The summed E-state index contributed by atoms with van der Waals surface area (Å²) in [6, 6.07) is 2.90. The quantitative estimate of drug-likeness (QED) is 0.814. The number of carbonyl (C=O) groups is 1. The van der Waals surface area contributed by atoms with Gasteiger partial charge in [0.1, 0.15) is 5.69 Å². The van der Waals surface area contributed by atoms with Crippen LogP contribution in [0, 0.1) is 0 Å². The van der Waals surface area contributed by atoms with Crippen molar-refractivity contribution in [3.05, 3.63) is 39.9 Å². The van der Waals surface area contributed by atoms with Gasteiger partial charge in [0.2, 0.25) is 0 Å². The van der Waals surface area contributed by atoms with Crippen molar-refractivity contribution < 1.29 is 23.1 Å². The lowest BCUT2D eigenvalue weighted by Gasteiger charge is -2.09. The normalized spacial score (nSPS) is 11.7. The number of hydrogen-bond donors (Lipinski definition) is 2. The van der Waals surface area contributed by atoms with Crippen LogP contribution in [0.25, 0.3) is 10.9 Å². The number of hydrogen-bond acceptors (Lipinski definition) is 3. The van der Waals surface area contributed by atoms with Crippen LogP contribution >= 0.6 is 0 Å². The number of benzene rings is 1. The summed E-state index contributed by atoms with van der Waals surface area (Å²) in [5.41, 5.74) is -2.98. The van der Waals surface area contributed by atoms with Gasteiger partial charge in [0, 0.05) is 5.39 Å². The summed E-state index contributed by atoms with van der Waals surface area (Å²) in [5.74, 6) is -1.31. The number of nitrogens with one attached hydrogen (secondary N) is 1. The first-order chi connectivity index (χ1) is 8.29. The number of H-pyrrole nitrogens is 1. The summed E-state index contributed by atoms with van der Waals surface area (Å²) < 4.78 is 37.9. The minimum Gasteiger partial charge on any atom is -0.478 e. The van der Waals surface area contributed by atoms with Crippen LogP contribution in [0.5, 0.6) is 0 Å². The van der Waals surface area contributed by atoms with E-state index in [9.17, 15) is 22.8 Å². The number of halogens is 3. The standard InChI is InChI=1S/C10H5F3N2O3/c11-10(12,13)7-5-2-1-4(8(16)17)3-6(5)14-9(18)15-7/h1-3H,(H,16,17)(H,14,15,18). The maximum atomic E-state index is 12.6. The monoisotopic (exact) mass is 258 g/mol. The fourth-order valence-electron chi connectivity index (χ4n) is 1.50. The van der Waals surface area contributed by atoms with Crippen molar-refractivity contribution in [1.29, 1.82) is 0 Å². The van der Waals surface area contributed by atoms with Gasteiger partial charge in [-0.1, -0.05) is 0 Å². The highest BCUT2D eigenvalue weighted by Crippen LogP contribution is 2.31. The molecule has 2 aromatic rings. The molecule has 0 aliphatic carbocycles.